The van der Waals surface area contributed by atoms with Crippen LogP contribution < -0.4 is 5.32 Å². The van der Waals surface area contributed by atoms with Crippen LogP contribution >= 0.6 is 0 Å². The average molecular weight is 284 g/mol. The largest absolute Gasteiger partial charge is 0.401 e. The normalized spacial score (nSPS) is 14.4. The highest BCUT2D eigenvalue weighted by atomic mass is 19.4. The minimum absolute atomic E-state index is 0.0578. The maximum absolute atomic E-state index is 12.1. The molecule has 0 saturated carbocycles. The lowest BCUT2D eigenvalue weighted by Gasteiger charge is -2.35. The van der Waals surface area contributed by atoms with Gasteiger partial charge in [-0.3, -0.25) is 4.90 Å². The Morgan fingerprint density at radius 3 is 2.21 bits per heavy atom. The third kappa shape index (κ3) is 8.44. The smallest absolute Gasteiger partial charge is 0.383 e. The number of nitrogens with zero attached hydrogens (tertiary/aromatic N) is 1. The topological polar surface area (TPSA) is 24.5 Å². The van der Waals surface area contributed by atoms with E-state index < -0.39 is 12.7 Å². The molecule has 0 aliphatic heterocycles. The molecular weight excluding hydrogens is 257 g/mol. The van der Waals surface area contributed by atoms with Crippen molar-refractivity contribution in [1.29, 1.82) is 0 Å². The molecule has 0 rings (SSSR count). The van der Waals surface area contributed by atoms with Crippen molar-refractivity contribution in [2.45, 2.75) is 51.9 Å². The summed E-state index contributed by atoms with van der Waals surface area (Å²) in [6.07, 6.45) is -2.17. The Kier molecular flexibility index (Phi) is 9.39. The van der Waals surface area contributed by atoms with E-state index in [1.807, 2.05) is 6.92 Å². The second-order valence-electron chi connectivity index (χ2n) is 4.80. The third-order valence-electron chi connectivity index (χ3n) is 3.30. The van der Waals surface area contributed by atoms with Crippen molar-refractivity contribution in [2.75, 3.05) is 33.4 Å². The fourth-order valence-corrected chi connectivity index (χ4v) is 2.26. The SMILES string of the molecule is CCC(CC)N(CCOC)C(C)CNCC(F)(F)F. The van der Waals surface area contributed by atoms with Crippen LogP contribution in [0.5, 0.6) is 0 Å². The maximum Gasteiger partial charge on any atom is 0.401 e. The monoisotopic (exact) mass is 284 g/mol. The van der Waals surface area contributed by atoms with Gasteiger partial charge in [0, 0.05) is 32.3 Å². The molecule has 116 valence electrons. The van der Waals surface area contributed by atoms with Crippen LogP contribution in [0.1, 0.15) is 33.6 Å². The minimum Gasteiger partial charge on any atom is -0.383 e. The Morgan fingerprint density at radius 2 is 1.79 bits per heavy atom. The lowest BCUT2D eigenvalue weighted by atomic mass is 10.1. The Hall–Kier alpha value is -0.330. The molecule has 0 spiro atoms. The van der Waals surface area contributed by atoms with Gasteiger partial charge in [0.1, 0.15) is 0 Å². The number of methoxy groups -OCH3 is 1. The number of hydrogen-bond acceptors (Lipinski definition) is 3. The summed E-state index contributed by atoms with van der Waals surface area (Å²) < 4.78 is 41.4. The lowest BCUT2D eigenvalue weighted by molar-refractivity contribution is -0.125. The first kappa shape index (κ1) is 18.7. The van der Waals surface area contributed by atoms with Crippen LogP contribution in [-0.2, 0) is 4.74 Å². The molecule has 1 unspecified atom stereocenters. The van der Waals surface area contributed by atoms with E-state index in [0.717, 1.165) is 19.4 Å². The standard InChI is InChI=1S/C13H27F3N2O/c1-5-12(6-2)18(7-8-19-4)11(3)9-17-10-13(14,15)16/h11-12,17H,5-10H2,1-4H3. The summed E-state index contributed by atoms with van der Waals surface area (Å²) in [5, 5.41) is 2.48. The van der Waals surface area contributed by atoms with Gasteiger partial charge < -0.3 is 10.1 Å². The van der Waals surface area contributed by atoms with Crippen LogP contribution in [0.2, 0.25) is 0 Å². The molecule has 3 nitrogen and oxygen atoms in total. The predicted octanol–water partition coefficient (Wildman–Crippen LogP) is 2.66. The number of nitrogens with one attached hydrogen (secondary N) is 1. The molecule has 0 aliphatic rings. The Bertz CT molecular complexity index is 220. The number of alkyl halides is 3. The van der Waals surface area contributed by atoms with Gasteiger partial charge in [-0.05, 0) is 19.8 Å². The molecule has 0 fully saturated rings. The third-order valence-corrected chi connectivity index (χ3v) is 3.30. The first-order valence-electron chi connectivity index (χ1n) is 6.87. The fraction of sp³-hybridized carbons (Fsp3) is 1.00. The van der Waals surface area contributed by atoms with Crippen LogP contribution in [0.4, 0.5) is 13.2 Å². The van der Waals surface area contributed by atoms with Crippen LogP contribution in [0, 0.1) is 0 Å². The summed E-state index contributed by atoms with van der Waals surface area (Å²) in [4.78, 5) is 2.23. The molecule has 1 atom stereocenters. The first-order chi connectivity index (χ1) is 8.85. The van der Waals surface area contributed by atoms with Crippen molar-refractivity contribution in [3.63, 3.8) is 0 Å². The number of hydrogen-bond donors (Lipinski definition) is 1. The van der Waals surface area contributed by atoms with E-state index in [0.29, 0.717) is 19.2 Å². The quantitative estimate of drug-likeness (QED) is 0.667. The van der Waals surface area contributed by atoms with Crippen molar-refractivity contribution in [3.05, 3.63) is 0 Å². The molecule has 0 radical (unpaired) electrons. The van der Waals surface area contributed by atoms with E-state index in [-0.39, 0.29) is 6.04 Å². The van der Waals surface area contributed by atoms with E-state index in [2.05, 4.69) is 24.1 Å². The zero-order valence-electron chi connectivity index (χ0n) is 12.4. The molecule has 0 aromatic heterocycles. The molecular formula is C13H27F3N2O. The van der Waals surface area contributed by atoms with E-state index in [1.165, 1.54) is 0 Å². The van der Waals surface area contributed by atoms with Gasteiger partial charge in [-0.25, -0.2) is 0 Å². The van der Waals surface area contributed by atoms with Gasteiger partial charge in [0.2, 0.25) is 0 Å². The van der Waals surface area contributed by atoms with Gasteiger partial charge in [0.25, 0.3) is 0 Å². The van der Waals surface area contributed by atoms with Gasteiger partial charge in [0.05, 0.1) is 13.2 Å². The highest BCUT2D eigenvalue weighted by molar-refractivity contribution is 4.77. The summed E-state index contributed by atoms with van der Waals surface area (Å²) in [6.45, 7) is 6.90. The molecule has 0 saturated heterocycles. The van der Waals surface area contributed by atoms with Crippen LogP contribution in [0.3, 0.4) is 0 Å². The predicted molar refractivity (Wildman–Crippen MR) is 71.3 cm³/mol. The van der Waals surface area contributed by atoms with Gasteiger partial charge in [-0.2, -0.15) is 13.2 Å². The molecule has 0 heterocycles. The summed E-state index contributed by atoms with van der Waals surface area (Å²) >= 11 is 0. The van der Waals surface area contributed by atoms with Crippen molar-refractivity contribution in [3.8, 4) is 0 Å². The average Bonchev–Trinajstić information content (AvgIpc) is 2.32. The Balaban J connectivity index is 4.32. The molecule has 0 amide bonds. The molecule has 6 heteroatoms. The highest BCUT2D eigenvalue weighted by Gasteiger charge is 2.27. The van der Waals surface area contributed by atoms with E-state index in [9.17, 15) is 13.2 Å². The van der Waals surface area contributed by atoms with Gasteiger partial charge in [-0.1, -0.05) is 13.8 Å². The van der Waals surface area contributed by atoms with Gasteiger partial charge >= 0.3 is 6.18 Å². The Labute approximate surface area is 114 Å². The van der Waals surface area contributed by atoms with Crippen LogP contribution in [0.15, 0.2) is 0 Å². The van der Waals surface area contributed by atoms with Crippen LogP contribution in [-0.4, -0.2) is 56.5 Å². The Morgan fingerprint density at radius 1 is 1.21 bits per heavy atom. The molecule has 0 bridgehead atoms. The second kappa shape index (κ2) is 9.55. The van der Waals surface area contributed by atoms with E-state index in [4.69, 9.17) is 4.74 Å². The minimum atomic E-state index is -4.15. The van der Waals surface area contributed by atoms with E-state index in [1.54, 1.807) is 7.11 Å². The number of ether oxygens (including phenoxy) is 1. The molecule has 0 aromatic rings. The maximum atomic E-state index is 12.1. The fourth-order valence-electron chi connectivity index (χ4n) is 2.26. The molecule has 1 N–H and O–H groups in total. The summed E-state index contributed by atoms with van der Waals surface area (Å²) in [5.74, 6) is 0. The molecule has 0 aromatic carbocycles. The summed E-state index contributed by atoms with van der Waals surface area (Å²) in [5.41, 5.74) is 0. The summed E-state index contributed by atoms with van der Waals surface area (Å²) in [7, 11) is 1.64. The summed E-state index contributed by atoms with van der Waals surface area (Å²) in [6, 6.07) is 0.445. The van der Waals surface area contributed by atoms with Gasteiger partial charge in [0.15, 0.2) is 0 Å². The van der Waals surface area contributed by atoms with E-state index >= 15 is 0 Å². The van der Waals surface area contributed by atoms with Crippen LogP contribution in [0.25, 0.3) is 0 Å². The number of rotatable bonds is 10. The molecule has 0 aliphatic carbocycles. The zero-order valence-corrected chi connectivity index (χ0v) is 12.4. The first-order valence-corrected chi connectivity index (χ1v) is 6.87. The lowest BCUT2D eigenvalue weighted by Crippen LogP contribution is -2.48. The zero-order chi connectivity index (χ0) is 14.9. The van der Waals surface area contributed by atoms with Crippen molar-refractivity contribution < 1.29 is 17.9 Å². The van der Waals surface area contributed by atoms with Crippen molar-refractivity contribution in [2.24, 2.45) is 0 Å². The highest BCUT2D eigenvalue weighted by Crippen LogP contribution is 2.14. The number of halogens is 3. The molecule has 19 heavy (non-hydrogen) atoms. The van der Waals surface area contributed by atoms with Gasteiger partial charge in [-0.15, -0.1) is 0 Å². The van der Waals surface area contributed by atoms with Crippen molar-refractivity contribution >= 4 is 0 Å². The second-order valence-corrected chi connectivity index (χ2v) is 4.80. The van der Waals surface area contributed by atoms with Crippen molar-refractivity contribution in [1.82, 2.24) is 10.2 Å².